The molecule has 3 aromatic rings. The van der Waals surface area contributed by atoms with Crippen molar-refractivity contribution < 1.29 is 13.6 Å². The Kier molecular flexibility index (Phi) is 5.22. The summed E-state index contributed by atoms with van der Waals surface area (Å²) in [7, 11) is 0. The topological polar surface area (TPSA) is 54.9 Å². The summed E-state index contributed by atoms with van der Waals surface area (Å²) in [6.07, 6.45) is 1.38. The van der Waals surface area contributed by atoms with Crippen molar-refractivity contribution in [2.75, 3.05) is 5.32 Å². The van der Waals surface area contributed by atoms with Gasteiger partial charge in [0, 0.05) is 16.5 Å². The summed E-state index contributed by atoms with van der Waals surface area (Å²) in [5, 5.41) is 4.90. The van der Waals surface area contributed by atoms with Crippen molar-refractivity contribution in [3.05, 3.63) is 46.3 Å². The number of thioether (sulfide) groups is 1. The summed E-state index contributed by atoms with van der Waals surface area (Å²) in [5.74, 6) is -3.14. The van der Waals surface area contributed by atoms with E-state index >= 15 is 0 Å². The van der Waals surface area contributed by atoms with Gasteiger partial charge in [-0.15, -0.1) is 22.7 Å². The molecule has 24 heavy (non-hydrogen) atoms. The molecule has 0 fully saturated rings. The molecular formula is C15H11F2N3OS3. The van der Waals surface area contributed by atoms with Crippen LogP contribution in [0, 0.1) is 6.92 Å². The largest absolute Gasteiger partial charge is 0.298 e. The fraction of sp³-hybridized carbons (Fsp3) is 0.133. The van der Waals surface area contributed by atoms with E-state index in [0.717, 1.165) is 10.6 Å². The number of amides is 1. The highest BCUT2D eigenvalue weighted by molar-refractivity contribution is 7.99. The van der Waals surface area contributed by atoms with Gasteiger partial charge in [0.2, 0.25) is 0 Å². The number of anilines is 1. The number of rotatable bonds is 5. The van der Waals surface area contributed by atoms with E-state index < -0.39 is 11.7 Å². The molecule has 0 aromatic carbocycles. The van der Waals surface area contributed by atoms with E-state index in [9.17, 15) is 13.6 Å². The molecule has 4 nitrogen and oxygen atoms in total. The fourth-order valence-corrected chi connectivity index (χ4v) is 4.11. The Labute approximate surface area is 149 Å². The third-order valence-electron chi connectivity index (χ3n) is 2.93. The third kappa shape index (κ3) is 3.97. The summed E-state index contributed by atoms with van der Waals surface area (Å²) in [4.78, 5) is 22.7. The van der Waals surface area contributed by atoms with Gasteiger partial charge < -0.3 is 0 Å². The van der Waals surface area contributed by atoms with E-state index in [0.29, 0.717) is 5.13 Å². The predicted octanol–water partition coefficient (Wildman–Crippen LogP) is 5.14. The lowest BCUT2D eigenvalue weighted by molar-refractivity contribution is 0.102. The number of pyridine rings is 1. The monoisotopic (exact) mass is 383 g/mol. The van der Waals surface area contributed by atoms with E-state index in [1.54, 1.807) is 11.3 Å². The molecule has 3 rings (SSSR count). The van der Waals surface area contributed by atoms with Crippen LogP contribution in [0.1, 0.15) is 15.2 Å². The van der Waals surface area contributed by atoms with Crippen LogP contribution in [0.25, 0.3) is 10.6 Å². The number of carbonyl (C=O) groups excluding carboxylic acids is 1. The number of aryl methyl sites for hydroxylation is 1. The number of thiazole rings is 1. The average molecular weight is 383 g/mol. The Hall–Kier alpha value is -1.84. The first-order chi connectivity index (χ1) is 11.5. The Morgan fingerprint density at radius 3 is 2.88 bits per heavy atom. The van der Waals surface area contributed by atoms with Gasteiger partial charge in [-0.05, 0) is 43.0 Å². The molecule has 0 radical (unpaired) electrons. The SMILES string of the molecule is Cc1ccc(-c2csc(NC(=O)c3cccnc3SC(F)F)n2)s1. The highest BCUT2D eigenvalue weighted by Crippen LogP contribution is 2.31. The van der Waals surface area contributed by atoms with Gasteiger partial charge in [-0.25, -0.2) is 9.97 Å². The molecule has 0 unspecified atom stereocenters. The van der Waals surface area contributed by atoms with Gasteiger partial charge in [0.1, 0.15) is 5.03 Å². The quantitative estimate of drug-likeness (QED) is 0.620. The summed E-state index contributed by atoms with van der Waals surface area (Å²) in [5.41, 5.74) is 0.883. The Morgan fingerprint density at radius 2 is 2.17 bits per heavy atom. The summed E-state index contributed by atoms with van der Waals surface area (Å²) in [6, 6.07) is 6.97. The molecule has 9 heteroatoms. The number of thiophene rings is 1. The first-order valence-electron chi connectivity index (χ1n) is 6.76. The number of hydrogen-bond acceptors (Lipinski definition) is 6. The lowest BCUT2D eigenvalue weighted by Crippen LogP contribution is -2.13. The van der Waals surface area contributed by atoms with Crippen molar-refractivity contribution in [1.29, 1.82) is 0 Å². The summed E-state index contributed by atoms with van der Waals surface area (Å²) < 4.78 is 25.1. The number of nitrogens with one attached hydrogen (secondary N) is 1. The minimum absolute atomic E-state index is 0.00402. The molecular weight excluding hydrogens is 372 g/mol. The van der Waals surface area contributed by atoms with Gasteiger partial charge in [0.15, 0.2) is 5.13 Å². The van der Waals surface area contributed by atoms with Gasteiger partial charge in [0.25, 0.3) is 11.7 Å². The second-order valence-corrected chi connectivity index (χ2v) is 7.76. The van der Waals surface area contributed by atoms with E-state index in [1.165, 1.54) is 34.5 Å². The first kappa shape index (κ1) is 17.0. The van der Waals surface area contributed by atoms with Crippen molar-refractivity contribution in [3.8, 4) is 10.6 Å². The fourth-order valence-electron chi connectivity index (χ4n) is 1.92. The normalized spacial score (nSPS) is 11.0. The smallest absolute Gasteiger partial charge is 0.290 e. The number of hydrogen-bond donors (Lipinski definition) is 1. The molecule has 0 bridgehead atoms. The van der Waals surface area contributed by atoms with Gasteiger partial charge in [-0.3, -0.25) is 10.1 Å². The van der Waals surface area contributed by atoms with Crippen molar-refractivity contribution >= 4 is 45.5 Å². The van der Waals surface area contributed by atoms with Crippen LogP contribution in [0.4, 0.5) is 13.9 Å². The van der Waals surface area contributed by atoms with E-state index in [1.807, 2.05) is 24.4 Å². The van der Waals surface area contributed by atoms with Crippen molar-refractivity contribution in [3.63, 3.8) is 0 Å². The number of nitrogens with zero attached hydrogens (tertiary/aromatic N) is 2. The molecule has 0 aliphatic heterocycles. The number of aromatic nitrogens is 2. The lowest BCUT2D eigenvalue weighted by atomic mass is 10.3. The number of halogens is 2. The number of alkyl halides is 2. The van der Waals surface area contributed by atoms with Crippen molar-refractivity contribution in [2.24, 2.45) is 0 Å². The van der Waals surface area contributed by atoms with Gasteiger partial charge in [-0.1, -0.05) is 0 Å². The van der Waals surface area contributed by atoms with E-state index in [4.69, 9.17) is 0 Å². The molecule has 0 saturated heterocycles. The van der Waals surface area contributed by atoms with E-state index in [2.05, 4.69) is 15.3 Å². The van der Waals surface area contributed by atoms with Gasteiger partial charge in [-0.2, -0.15) is 8.78 Å². The van der Waals surface area contributed by atoms with Crippen LogP contribution in [-0.2, 0) is 0 Å². The molecule has 1 amide bonds. The molecule has 0 atom stereocenters. The standard InChI is InChI=1S/C15H11F2N3OS3/c1-8-4-5-11(23-8)10-7-22-15(19-10)20-12(21)9-3-2-6-18-13(9)24-14(16)17/h2-7,14H,1H3,(H,19,20,21). The maximum Gasteiger partial charge on any atom is 0.290 e. The molecule has 124 valence electrons. The van der Waals surface area contributed by atoms with Crippen LogP contribution >= 0.6 is 34.4 Å². The maximum absolute atomic E-state index is 12.6. The highest BCUT2D eigenvalue weighted by Gasteiger charge is 2.18. The Bertz CT molecular complexity index is 863. The third-order valence-corrected chi connectivity index (χ3v) is 5.44. The molecule has 3 heterocycles. The number of carbonyl (C=O) groups is 1. The molecule has 1 N–H and O–H groups in total. The molecule has 3 aromatic heterocycles. The van der Waals surface area contributed by atoms with Crippen LogP contribution < -0.4 is 5.32 Å². The minimum Gasteiger partial charge on any atom is -0.298 e. The van der Waals surface area contributed by atoms with Gasteiger partial charge in [0.05, 0.1) is 16.1 Å². The second kappa shape index (κ2) is 7.37. The zero-order chi connectivity index (χ0) is 17.1. The summed E-state index contributed by atoms with van der Waals surface area (Å²) in [6.45, 7) is 2.01. The van der Waals surface area contributed by atoms with Crippen LogP contribution in [0.15, 0.2) is 40.9 Å². The molecule has 0 spiro atoms. The van der Waals surface area contributed by atoms with Crippen LogP contribution in [0.2, 0.25) is 0 Å². The zero-order valence-corrected chi connectivity index (χ0v) is 14.8. The maximum atomic E-state index is 12.6. The highest BCUT2D eigenvalue weighted by atomic mass is 32.2. The lowest BCUT2D eigenvalue weighted by Gasteiger charge is -2.06. The molecule has 0 saturated carbocycles. The molecule has 0 aliphatic rings. The van der Waals surface area contributed by atoms with Crippen LogP contribution in [-0.4, -0.2) is 21.6 Å². The predicted molar refractivity (Wildman–Crippen MR) is 94.2 cm³/mol. The van der Waals surface area contributed by atoms with Crippen molar-refractivity contribution in [1.82, 2.24) is 9.97 Å². The van der Waals surface area contributed by atoms with Crippen LogP contribution in [0.3, 0.4) is 0 Å². The van der Waals surface area contributed by atoms with Gasteiger partial charge >= 0.3 is 0 Å². The van der Waals surface area contributed by atoms with Crippen LogP contribution in [0.5, 0.6) is 0 Å². The van der Waals surface area contributed by atoms with Crippen molar-refractivity contribution in [2.45, 2.75) is 17.7 Å². The minimum atomic E-state index is -2.64. The summed E-state index contributed by atoms with van der Waals surface area (Å²) >= 11 is 3.15. The first-order valence-corrected chi connectivity index (χ1v) is 9.34. The van der Waals surface area contributed by atoms with E-state index in [-0.39, 0.29) is 22.4 Å². The Morgan fingerprint density at radius 1 is 1.33 bits per heavy atom. The second-order valence-electron chi connectivity index (χ2n) is 4.64. The average Bonchev–Trinajstić information content (AvgIpc) is 3.16. The zero-order valence-electron chi connectivity index (χ0n) is 12.3. The Balaban J connectivity index is 1.77. The molecule has 0 aliphatic carbocycles.